The largest absolute Gasteiger partial charge is 0.472 e. The van der Waals surface area contributed by atoms with Gasteiger partial charge in [-0.1, -0.05) is 12.8 Å². The number of pyridine rings is 3. The van der Waals surface area contributed by atoms with E-state index in [4.69, 9.17) is 9.40 Å². The molecule has 8 heteroatoms. The molecule has 6 heterocycles. The summed E-state index contributed by atoms with van der Waals surface area (Å²) in [5, 5.41) is 12.4. The van der Waals surface area contributed by atoms with Crippen LogP contribution in [-0.2, 0) is 6.54 Å². The monoisotopic (exact) mass is 489 g/mol. The number of fused-ring (bicyclic) bond motifs is 2. The summed E-state index contributed by atoms with van der Waals surface area (Å²) in [6.45, 7) is 1.90. The van der Waals surface area contributed by atoms with Crippen LogP contribution in [0.5, 0.6) is 0 Å². The first-order valence-corrected chi connectivity index (χ1v) is 12.8. The second-order valence-electron chi connectivity index (χ2n) is 9.84. The highest BCUT2D eigenvalue weighted by Gasteiger charge is 2.17. The van der Waals surface area contributed by atoms with Gasteiger partial charge in [0, 0.05) is 47.2 Å². The number of furan rings is 1. The molecule has 7 rings (SSSR count). The molecule has 1 aliphatic rings. The molecule has 0 unspecified atom stereocenters. The number of H-pyrrole nitrogens is 2. The Morgan fingerprint density at radius 2 is 1.92 bits per heavy atom. The number of aromatic amines is 2. The molecule has 1 aliphatic carbocycles. The van der Waals surface area contributed by atoms with Crippen LogP contribution in [0.3, 0.4) is 0 Å². The molecule has 0 radical (unpaired) electrons. The van der Waals surface area contributed by atoms with Crippen LogP contribution in [0, 0.1) is 5.92 Å². The highest BCUT2D eigenvalue weighted by atomic mass is 16.3. The van der Waals surface area contributed by atoms with E-state index in [2.05, 4.69) is 42.6 Å². The molecule has 3 N–H and O–H groups in total. The molecular formula is C29H27N7O. The Balaban J connectivity index is 1.20. The molecule has 1 saturated carbocycles. The fourth-order valence-electron chi connectivity index (χ4n) is 5.42. The zero-order valence-corrected chi connectivity index (χ0v) is 20.4. The van der Waals surface area contributed by atoms with Crippen molar-refractivity contribution in [2.75, 3.05) is 6.54 Å². The van der Waals surface area contributed by atoms with Crippen molar-refractivity contribution >= 4 is 21.9 Å². The Hall–Kier alpha value is -4.30. The molecular weight excluding hydrogens is 462 g/mol. The predicted molar refractivity (Wildman–Crippen MR) is 144 cm³/mol. The van der Waals surface area contributed by atoms with Gasteiger partial charge in [0.1, 0.15) is 11.2 Å². The van der Waals surface area contributed by atoms with Crippen LogP contribution < -0.4 is 5.32 Å². The van der Waals surface area contributed by atoms with Crippen LogP contribution in [-0.4, -0.2) is 36.7 Å². The highest BCUT2D eigenvalue weighted by Crippen LogP contribution is 2.33. The van der Waals surface area contributed by atoms with Crippen molar-refractivity contribution in [2.24, 2.45) is 5.92 Å². The quantitative estimate of drug-likeness (QED) is 0.250. The summed E-state index contributed by atoms with van der Waals surface area (Å²) in [6.07, 6.45) is 14.4. The summed E-state index contributed by atoms with van der Waals surface area (Å²) in [5.74, 6) is 0.816. The average Bonchev–Trinajstić information content (AvgIpc) is 3.74. The molecule has 0 saturated heterocycles. The first-order valence-electron chi connectivity index (χ1n) is 12.8. The number of aromatic nitrogens is 6. The first-order chi connectivity index (χ1) is 18.3. The Labute approximate surface area is 213 Å². The molecule has 6 aromatic heterocycles. The highest BCUT2D eigenvalue weighted by molar-refractivity contribution is 5.99. The van der Waals surface area contributed by atoms with E-state index in [1.54, 1.807) is 18.7 Å². The van der Waals surface area contributed by atoms with E-state index < -0.39 is 0 Å². The Morgan fingerprint density at radius 1 is 0.973 bits per heavy atom. The summed E-state index contributed by atoms with van der Waals surface area (Å²) in [7, 11) is 0. The third kappa shape index (κ3) is 4.19. The van der Waals surface area contributed by atoms with E-state index in [9.17, 15) is 0 Å². The minimum atomic E-state index is 0.772. The van der Waals surface area contributed by atoms with Gasteiger partial charge in [-0.05, 0) is 67.3 Å². The summed E-state index contributed by atoms with van der Waals surface area (Å²) in [4.78, 5) is 17.6. The van der Waals surface area contributed by atoms with Crippen molar-refractivity contribution in [3.8, 4) is 33.9 Å². The second kappa shape index (κ2) is 9.29. The summed E-state index contributed by atoms with van der Waals surface area (Å²) < 4.78 is 5.28. The third-order valence-corrected chi connectivity index (χ3v) is 7.33. The normalized spacial score (nSPS) is 14.3. The van der Waals surface area contributed by atoms with Gasteiger partial charge in [-0.3, -0.25) is 15.1 Å². The maximum atomic E-state index is 5.28. The van der Waals surface area contributed by atoms with E-state index in [-0.39, 0.29) is 0 Å². The number of rotatable bonds is 7. The van der Waals surface area contributed by atoms with Gasteiger partial charge in [0.25, 0.3) is 0 Å². The molecule has 0 aromatic carbocycles. The number of nitrogens with zero attached hydrogens (tertiary/aromatic N) is 4. The van der Waals surface area contributed by atoms with Gasteiger partial charge in [-0.2, -0.15) is 5.10 Å². The van der Waals surface area contributed by atoms with Crippen LogP contribution in [0.4, 0.5) is 0 Å². The molecule has 0 aliphatic heterocycles. The van der Waals surface area contributed by atoms with Crippen LogP contribution in [0.1, 0.15) is 31.2 Å². The Morgan fingerprint density at radius 3 is 2.81 bits per heavy atom. The van der Waals surface area contributed by atoms with E-state index in [1.165, 1.54) is 31.2 Å². The zero-order chi connectivity index (χ0) is 24.6. The molecule has 184 valence electrons. The van der Waals surface area contributed by atoms with Crippen LogP contribution in [0.25, 0.3) is 55.8 Å². The molecule has 0 atom stereocenters. The number of hydrogen-bond donors (Lipinski definition) is 3. The minimum absolute atomic E-state index is 0.772. The minimum Gasteiger partial charge on any atom is -0.472 e. The first kappa shape index (κ1) is 21.9. The van der Waals surface area contributed by atoms with Crippen LogP contribution >= 0.6 is 0 Å². The molecule has 6 aromatic rings. The Kier molecular flexibility index (Phi) is 5.51. The van der Waals surface area contributed by atoms with Crippen molar-refractivity contribution in [1.29, 1.82) is 0 Å². The molecule has 0 amide bonds. The smallest absolute Gasteiger partial charge is 0.135 e. The maximum absolute atomic E-state index is 5.28. The third-order valence-electron chi connectivity index (χ3n) is 7.33. The van der Waals surface area contributed by atoms with Gasteiger partial charge in [0.05, 0.1) is 35.1 Å². The molecule has 8 nitrogen and oxygen atoms in total. The molecule has 0 bridgehead atoms. The summed E-state index contributed by atoms with van der Waals surface area (Å²) in [6, 6.07) is 12.2. The maximum Gasteiger partial charge on any atom is 0.135 e. The van der Waals surface area contributed by atoms with Gasteiger partial charge in [-0.25, -0.2) is 4.98 Å². The fourth-order valence-corrected chi connectivity index (χ4v) is 5.42. The van der Waals surface area contributed by atoms with Crippen molar-refractivity contribution in [3.63, 3.8) is 0 Å². The van der Waals surface area contributed by atoms with Gasteiger partial charge in [0.15, 0.2) is 0 Å². The van der Waals surface area contributed by atoms with Gasteiger partial charge in [0.2, 0.25) is 0 Å². The molecule has 37 heavy (non-hydrogen) atoms. The zero-order valence-electron chi connectivity index (χ0n) is 20.4. The van der Waals surface area contributed by atoms with E-state index in [1.807, 2.05) is 36.7 Å². The van der Waals surface area contributed by atoms with Gasteiger partial charge < -0.3 is 14.7 Å². The topological polar surface area (TPSA) is 108 Å². The SMILES string of the molecule is c1cc2[nH]c(-c3n[nH]c4ccc(-c5cncc(CNCC6CCCC6)c5)nc34)cc2c(-c2ccoc2)n1. The lowest BCUT2D eigenvalue weighted by Crippen LogP contribution is -2.20. The van der Waals surface area contributed by atoms with Crippen LogP contribution in [0.2, 0.25) is 0 Å². The lowest BCUT2D eigenvalue weighted by atomic mass is 10.1. The molecule has 1 fully saturated rings. The standard InChI is InChI=1S/C29H27N7O/c1-2-4-18(3-1)13-30-14-19-11-21(16-31-15-19)23-5-6-25-28(34-23)29(36-35-25)26-12-22-24(33-26)7-9-32-27(22)20-8-10-37-17-20/h5-12,15-18,30,33H,1-4,13-14H2,(H,35,36). The van der Waals surface area contributed by atoms with E-state index in [0.717, 1.165) is 74.8 Å². The summed E-state index contributed by atoms with van der Waals surface area (Å²) in [5.41, 5.74) is 9.17. The van der Waals surface area contributed by atoms with E-state index in [0.29, 0.717) is 0 Å². The van der Waals surface area contributed by atoms with Crippen molar-refractivity contribution < 1.29 is 4.42 Å². The second-order valence-corrected chi connectivity index (χ2v) is 9.84. The number of hydrogen-bond acceptors (Lipinski definition) is 6. The predicted octanol–water partition coefficient (Wildman–Crippen LogP) is 6.10. The van der Waals surface area contributed by atoms with Crippen molar-refractivity contribution in [3.05, 3.63) is 73.1 Å². The lowest BCUT2D eigenvalue weighted by Gasteiger charge is -2.11. The molecule has 0 spiro atoms. The van der Waals surface area contributed by atoms with Gasteiger partial charge in [-0.15, -0.1) is 0 Å². The van der Waals surface area contributed by atoms with Crippen molar-refractivity contribution in [1.82, 2.24) is 35.5 Å². The van der Waals surface area contributed by atoms with Gasteiger partial charge >= 0.3 is 0 Å². The number of nitrogens with one attached hydrogen (secondary N) is 3. The fraction of sp³-hybridized carbons (Fsp3) is 0.241. The lowest BCUT2D eigenvalue weighted by molar-refractivity contribution is 0.489. The van der Waals surface area contributed by atoms with E-state index >= 15 is 0 Å². The van der Waals surface area contributed by atoms with Crippen molar-refractivity contribution in [2.45, 2.75) is 32.2 Å². The average molecular weight is 490 g/mol. The Bertz CT molecular complexity index is 1680. The summed E-state index contributed by atoms with van der Waals surface area (Å²) >= 11 is 0. The van der Waals surface area contributed by atoms with Crippen LogP contribution in [0.15, 0.2) is 71.9 Å².